The molecule has 3 heterocycles. The van der Waals surface area contributed by atoms with E-state index in [-0.39, 0.29) is 0 Å². The fraction of sp³-hybridized carbons (Fsp3) is 0.692. The zero-order valence-corrected chi connectivity index (χ0v) is 10.4. The molecule has 0 amide bonds. The Morgan fingerprint density at radius 2 is 2.00 bits per heavy atom. The fourth-order valence-electron chi connectivity index (χ4n) is 2.59. The van der Waals surface area contributed by atoms with Crippen molar-refractivity contribution in [3.05, 3.63) is 23.8 Å². The SMILES string of the molecule is CN1CCC(c2ccnc(C3CNC3)n2)CC1. The van der Waals surface area contributed by atoms with Crippen LogP contribution in [0.4, 0.5) is 0 Å². The molecule has 0 aliphatic carbocycles. The van der Waals surface area contributed by atoms with Gasteiger partial charge < -0.3 is 10.2 Å². The lowest BCUT2D eigenvalue weighted by molar-refractivity contribution is 0.253. The van der Waals surface area contributed by atoms with Crippen molar-refractivity contribution in [2.24, 2.45) is 0 Å². The Balaban J connectivity index is 1.73. The van der Waals surface area contributed by atoms with Crippen LogP contribution in [0.3, 0.4) is 0 Å². The molecular formula is C13H20N4. The number of hydrogen-bond acceptors (Lipinski definition) is 4. The summed E-state index contributed by atoms with van der Waals surface area (Å²) < 4.78 is 0. The maximum Gasteiger partial charge on any atom is 0.134 e. The molecule has 1 aromatic heterocycles. The van der Waals surface area contributed by atoms with Gasteiger partial charge in [0.1, 0.15) is 5.82 Å². The van der Waals surface area contributed by atoms with E-state index >= 15 is 0 Å². The third-order valence-electron chi connectivity index (χ3n) is 3.98. The van der Waals surface area contributed by atoms with Crippen molar-refractivity contribution in [2.75, 3.05) is 33.2 Å². The van der Waals surface area contributed by atoms with Crippen LogP contribution in [-0.4, -0.2) is 48.1 Å². The highest BCUT2D eigenvalue weighted by Gasteiger charge is 2.24. The van der Waals surface area contributed by atoms with E-state index in [4.69, 9.17) is 4.98 Å². The normalized spacial score (nSPS) is 23.6. The van der Waals surface area contributed by atoms with Crippen molar-refractivity contribution in [1.29, 1.82) is 0 Å². The molecule has 2 fully saturated rings. The average molecular weight is 232 g/mol. The molecular weight excluding hydrogens is 212 g/mol. The van der Waals surface area contributed by atoms with Gasteiger partial charge >= 0.3 is 0 Å². The van der Waals surface area contributed by atoms with Crippen LogP contribution in [0.2, 0.25) is 0 Å². The van der Waals surface area contributed by atoms with Gasteiger partial charge in [-0.2, -0.15) is 0 Å². The van der Waals surface area contributed by atoms with E-state index in [0.29, 0.717) is 11.8 Å². The predicted molar refractivity (Wildman–Crippen MR) is 67.1 cm³/mol. The summed E-state index contributed by atoms with van der Waals surface area (Å²) in [5, 5.41) is 3.28. The Bertz CT molecular complexity index is 381. The van der Waals surface area contributed by atoms with Crippen LogP contribution in [0.5, 0.6) is 0 Å². The molecule has 0 bridgehead atoms. The van der Waals surface area contributed by atoms with Gasteiger partial charge in [0.2, 0.25) is 0 Å². The highest BCUT2D eigenvalue weighted by Crippen LogP contribution is 2.27. The van der Waals surface area contributed by atoms with Crippen LogP contribution in [-0.2, 0) is 0 Å². The molecule has 0 saturated carbocycles. The first kappa shape index (κ1) is 11.1. The third-order valence-corrected chi connectivity index (χ3v) is 3.98. The van der Waals surface area contributed by atoms with Crippen LogP contribution in [0.25, 0.3) is 0 Å². The molecule has 2 saturated heterocycles. The zero-order valence-electron chi connectivity index (χ0n) is 10.4. The summed E-state index contributed by atoms with van der Waals surface area (Å²) in [5.41, 5.74) is 1.26. The molecule has 17 heavy (non-hydrogen) atoms. The smallest absolute Gasteiger partial charge is 0.134 e. The van der Waals surface area contributed by atoms with Crippen molar-refractivity contribution < 1.29 is 0 Å². The van der Waals surface area contributed by atoms with Crippen molar-refractivity contribution >= 4 is 0 Å². The molecule has 4 heteroatoms. The van der Waals surface area contributed by atoms with Gasteiger partial charge in [0.15, 0.2) is 0 Å². The first-order valence-corrected chi connectivity index (χ1v) is 6.55. The summed E-state index contributed by atoms with van der Waals surface area (Å²) in [4.78, 5) is 11.6. The summed E-state index contributed by atoms with van der Waals surface area (Å²) in [6, 6.07) is 2.10. The van der Waals surface area contributed by atoms with Crippen molar-refractivity contribution in [3.8, 4) is 0 Å². The summed E-state index contributed by atoms with van der Waals surface area (Å²) in [7, 11) is 2.20. The van der Waals surface area contributed by atoms with Gasteiger partial charge in [0, 0.05) is 36.8 Å². The maximum absolute atomic E-state index is 4.77. The standard InChI is InChI=1S/C13H20N4/c1-17-6-3-10(4-7-17)12-2-5-15-13(16-12)11-8-14-9-11/h2,5,10-11,14H,3-4,6-9H2,1H3. The van der Waals surface area contributed by atoms with Crippen LogP contribution in [0.15, 0.2) is 12.3 Å². The van der Waals surface area contributed by atoms with Gasteiger partial charge in [-0.25, -0.2) is 9.97 Å². The monoisotopic (exact) mass is 232 g/mol. The second-order valence-corrected chi connectivity index (χ2v) is 5.27. The molecule has 0 atom stereocenters. The van der Waals surface area contributed by atoms with E-state index in [0.717, 1.165) is 18.9 Å². The minimum atomic E-state index is 0.543. The average Bonchev–Trinajstić information content (AvgIpc) is 2.28. The van der Waals surface area contributed by atoms with E-state index in [1.807, 2.05) is 6.20 Å². The predicted octanol–water partition coefficient (Wildman–Crippen LogP) is 0.973. The van der Waals surface area contributed by atoms with Gasteiger partial charge in [-0.15, -0.1) is 0 Å². The Kier molecular flexibility index (Phi) is 3.07. The first-order valence-electron chi connectivity index (χ1n) is 6.55. The molecule has 0 unspecified atom stereocenters. The van der Waals surface area contributed by atoms with E-state index in [1.165, 1.54) is 31.6 Å². The molecule has 0 aromatic carbocycles. The van der Waals surface area contributed by atoms with E-state index in [2.05, 4.69) is 28.3 Å². The number of likely N-dealkylation sites (tertiary alicyclic amines) is 1. The zero-order chi connectivity index (χ0) is 11.7. The third kappa shape index (κ3) is 2.33. The van der Waals surface area contributed by atoms with Gasteiger partial charge in [-0.1, -0.05) is 0 Å². The molecule has 1 aromatic rings. The van der Waals surface area contributed by atoms with Crippen molar-refractivity contribution in [1.82, 2.24) is 20.2 Å². The number of rotatable bonds is 2. The van der Waals surface area contributed by atoms with E-state index < -0.39 is 0 Å². The van der Waals surface area contributed by atoms with Crippen molar-refractivity contribution in [3.63, 3.8) is 0 Å². The Labute approximate surface area is 102 Å². The number of nitrogens with one attached hydrogen (secondary N) is 1. The summed E-state index contributed by atoms with van der Waals surface area (Å²) in [6.45, 7) is 4.46. The lowest BCUT2D eigenvalue weighted by Gasteiger charge is -2.30. The van der Waals surface area contributed by atoms with Gasteiger partial charge in [-0.3, -0.25) is 0 Å². The summed E-state index contributed by atoms with van der Waals surface area (Å²) >= 11 is 0. The summed E-state index contributed by atoms with van der Waals surface area (Å²) in [5.74, 6) is 2.22. The lowest BCUT2D eigenvalue weighted by atomic mass is 9.93. The topological polar surface area (TPSA) is 41.1 Å². The highest BCUT2D eigenvalue weighted by atomic mass is 15.1. The maximum atomic E-state index is 4.77. The summed E-state index contributed by atoms with van der Waals surface area (Å²) in [6.07, 6.45) is 4.40. The van der Waals surface area contributed by atoms with E-state index in [1.54, 1.807) is 0 Å². The Hall–Kier alpha value is -1.00. The van der Waals surface area contributed by atoms with Gasteiger partial charge in [-0.05, 0) is 39.0 Å². The number of hydrogen-bond donors (Lipinski definition) is 1. The number of nitrogens with zero attached hydrogens (tertiary/aromatic N) is 3. The largest absolute Gasteiger partial charge is 0.315 e. The lowest BCUT2D eigenvalue weighted by Crippen LogP contribution is -2.41. The van der Waals surface area contributed by atoms with Crippen LogP contribution < -0.4 is 5.32 Å². The molecule has 2 aliphatic heterocycles. The van der Waals surface area contributed by atoms with Gasteiger partial charge in [0.05, 0.1) is 0 Å². The minimum absolute atomic E-state index is 0.543. The highest BCUT2D eigenvalue weighted by molar-refractivity contribution is 5.13. The van der Waals surface area contributed by atoms with Crippen LogP contribution >= 0.6 is 0 Å². The molecule has 2 aliphatic rings. The molecule has 3 rings (SSSR count). The minimum Gasteiger partial charge on any atom is -0.315 e. The van der Waals surface area contributed by atoms with Crippen LogP contribution in [0, 0.1) is 0 Å². The van der Waals surface area contributed by atoms with Crippen molar-refractivity contribution in [2.45, 2.75) is 24.7 Å². The quantitative estimate of drug-likeness (QED) is 0.825. The molecule has 0 spiro atoms. The first-order chi connectivity index (χ1) is 8.33. The second-order valence-electron chi connectivity index (χ2n) is 5.27. The number of aromatic nitrogens is 2. The molecule has 0 radical (unpaired) electrons. The Morgan fingerprint density at radius 3 is 2.65 bits per heavy atom. The molecule has 92 valence electrons. The molecule has 1 N–H and O–H groups in total. The van der Waals surface area contributed by atoms with E-state index in [9.17, 15) is 0 Å². The number of piperidine rings is 1. The van der Waals surface area contributed by atoms with Crippen LogP contribution in [0.1, 0.15) is 36.2 Å². The fourth-order valence-corrected chi connectivity index (χ4v) is 2.59. The molecule has 4 nitrogen and oxygen atoms in total. The second kappa shape index (κ2) is 4.70. The van der Waals surface area contributed by atoms with Gasteiger partial charge in [0.25, 0.3) is 0 Å². The Morgan fingerprint density at radius 1 is 1.24 bits per heavy atom.